The molecule has 0 unspecified atom stereocenters. The molecule has 162 valence electrons. The van der Waals surface area contributed by atoms with E-state index in [9.17, 15) is 9.18 Å². The van der Waals surface area contributed by atoms with Gasteiger partial charge in [-0.05, 0) is 54.1 Å². The van der Waals surface area contributed by atoms with Gasteiger partial charge in [0.25, 0.3) is 0 Å². The molecule has 1 aromatic carbocycles. The largest absolute Gasteiger partial charge is 0.344 e. The van der Waals surface area contributed by atoms with E-state index in [1.807, 2.05) is 29.6 Å². The smallest absolute Gasteiger partial charge is 0.231 e. The van der Waals surface area contributed by atoms with Gasteiger partial charge in [0, 0.05) is 28.9 Å². The van der Waals surface area contributed by atoms with Crippen molar-refractivity contribution in [1.29, 1.82) is 0 Å². The number of thioether (sulfide) groups is 1. The van der Waals surface area contributed by atoms with Crippen LogP contribution in [0.4, 0.5) is 4.39 Å². The van der Waals surface area contributed by atoms with Gasteiger partial charge in [-0.15, -0.1) is 21.5 Å². The summed E-state index contributed by atoms with van der Waals surface area (Å²) in [6, 6.07) is 14.0. The fourth-order valence-electron chi connectivity index (χ4n) is 3.49. The number of rotatable bonds is 8. The Morgan fingerprint density at radius 2 is 2.03 bits per heavy atom. The molecule has 0 aliphatic heterocycles. The number of carbonyl (C=O) groups excluding carboxylic acids is 1. The van der Waals surface area contributed by atoms with Crippen molar-refractivity contribution in [3.63, 3.8) is 0 Å². The van der Waals surface area contributed by atoms with E-state index in [2.05, 4.69) is 25.1 Å². The molecule has 0 radical (unpaired) electrons. The molecule has 0 bridgehead atoms. The third-order valence-electron chi connectivity index (χ3n) is 5.17. The molecular weight excluding hydrogens is 445 g/mol. The van der Waals surface area contributed by atoms with Gasteiger partial charge in [-0.3, -0.25) is 14.3 Å². The normalized spacial score (nSPS) is 14.3. The molecule has 32 heavy (non-hydrogen) atoms. The lowest BCUT2D eigenvalue weighted by Crippen LogP contribution is -2.30. The quantitative estimate of drug-likeness (QED) is 0.376. The molecule has 1 atom stereocenters. The van der Waals surface area contributed by atoms with E-state index >= 15 is 0 Å². The second kappa shape index (κ2) is 9.22. The van der Waals surface area contributed by atoms with Gasteiger partial charge in [0.1, 0.15) is 5.82 Å². The average Bonchev–Trinajstić information content (AvgIpc) is 3.33. The van der Waals surface area contributed by atoms with E-state index in [0.29, 0.717) is 6.04 Å². The average molecular weight is 466 g/mol. The van der Waals surface area contributed by atoms with Gasteiger partial charge in [-0.25, -0.2) is 4.39 Å². The van der Waals surface area contributed by atoms with Crippen molar-refractivity contribution in [1.82, 2.24) is 25.1 Å². The first kappa shape index (κ1) is 20.8. The first-order valence-electron chi connectivity index (χ1n) is 10.3. The van der Waals surface area contributed by atoms with Crippen molar-refractivity contribution in [2.45, 2.75) is 30.1 Å². The van der Waals surface area contributed by atoms with Gasteiger partial charge in [-0.1, -0.05) is 30.0 Å². The molecule has 0 spiro atoms. The third kappa shape index (κ3) is 4.58. The Hall–Kier alpha value is -3.04. The summed E-state index contributed by atoms with van der Waals surface area (Å²) in [6.45, 7) is 0. The third-order valence-corrected chi connectivity index (χ3v) is 7.05. The molecule has 1 fully saturated rings. The minimum absolute atomic E-state index is 0.119. The highest BCUT2D eigenvalue weighted by Crippen LogP contribution is 2.41. The Kier molecular flexibility index (Phi) is 6.00. The van der Waals surface area contributed by atoms with Gasteiger partial charge in [0.15, 0.2) is 11.0 Å². The van der Waals surface area contributed by atoms with Gasteiger partial charge in [0.2, 0.25) is 5.91 Å². The molecule has 1 saturated carbocycles. The molecule has 0 saturated heterocycles. The molecule has 3 aromatic heterocycles. The van der Waals surface area contributed by atoms with Crippen molar-refractivity contribution in [3.05, 3.63) is 82.6 Å². The van der Waals surface area contributed by atoms with E-state index in [1.165, 1.54) is 23.9 Å². The van der Waals surface area contributed by atoms with Crippen LogP contribution in [0.2, 0.25) is 0 Å². The molecule has 9 heteroatoms. The zero-order valence-corrected chi connectivity index (χ0v) is 18.7. The maximum atomic E-state index is 13.4. The van der Waals surface area contributed by atoms with Crippen LogP contribution in [0.1, 0.15) is 35.4 Å². The molecule has 1 aliphatic carbocycles. The number of aromatic nitrogens is 4. The van der Waals surface area contributed by atoms with Crippen LogP contribution in [0.3, 0.4) is 0 Å². The Labute approximate surface area is 192 Å². The lowest BCUT2D eigenvalue weighted by atomic mass is 10.1. The second-order valence-corrected chi connectivity index (χ2v) is 9.43. The predicted octanol–water partition coefficient (Wildman–Crippen LogP) is 4.87. The van der Waals surface area contributed by atoms with E-state index in [1.54, 1.807) is 35.9 Å². The van der Waals surface area contributed by atoms with Gasteiger partial charge in [0.05, 0.1) is 11.8 Å². The molecule has 6 nitrogen and oxygen atoms in total. The van der Waals surface area contributed by atoms with Crippen LogP contribution in [0.25, 0.3) is 11.4 Å². The lowest BCUT2D eigenvalue weighted by molar-refractivity contribution is -0.119. The maximum absolute atomic E-state index is 13.4. The fourth-order valence-corrected chi connectivity index (χ4v) is 5.11. The number of nitrogens with one attached hydrogen (secondary N) is 1. The van der Waals surface area contributed by atoms with E-state index in [-0.39, 0.29) is 23.5 Å². The standard InChI is InChI=1S/C23H20FN5OS2/c24-17-7-5-15(6-8-17)21(19-4-2-12-31-19)26-20(30)14-32-23-28-27-22(29(23)18-9-10-18)16-3-1-11-25-13-16/h1-8,11-13,18,21H,9-10,14H2,(H,26,30)/t21-/m0/s1. The predicted molar refractivity (Wildman–Crippen MR) is 123 cm³/mol. The Morgan fingerprint density at radius 1 is 1.19 bits per heavy atom. The summed E-state index contributed by atoms with van der Waals surface area (Å²) < 4.78 is 15.5. The summed E-state index contributed by atoms with van der Waals surface area (Å²) in [7, 11) is 0. The van der Waals surface area contributed by atoms with Crippen LogP contribution in [0.15, 0.2) is 71.5 Å². The number of nitrogens with zero attached hydrogens (tertiary/aromatic N) is 4. The van der Waals surface area contributed by atoms with E-state index in [0.717, 1.165) is 39.8 Å². The van der Waals surface area contributed by atoms with Crippen molar-refractivity contribution in [3.8, 4) is 11.4 Å². The van der Waals surface area contributed by atoms with Crippen molar-refractivity contribution in [2.75, 3.05) is 5.75 Å². The topological polar surface area (TPSA) is 72.7 Å². The summed E-state index contributed by atoms with van der Waals surface area (Å²) in [5.74, 6) is 0.572. The number of pyridine rings is 1. The monoisotopic (exact) mass is 465 g/mol. The number of benzene rings is 1. The van der Waals surface area contributed by atoms with Crippen LogP contribution in [0.5, 0.6) is 0 Å². The molecule has 1 N–H and O–H groups in total. The number of hydrogen-bond acceptors (Lipinski definition) is 6. The van der Waals surface area contributed by atoms with Crippen LogP contribution in [0, 0.1) is 5.82 Å². The number of thiophene rings is 1. The minimum atomic E-state index is -0.323. The first-order chi connectivity index (χ1) is 15.7. The highest BCUT2D eigenvalue weighted by atomic mass is 32.2. The number of carbonyl (C=O) groups is 1. The summed E-state index contributed by atoms with van der Waals surface area (Å²) in [4.78, 5) is 18.0. The Bertz CT molecular complexity index is 1190. The zero-order valence-electron chi connectivity index (χ0n) is 17.0. The number of hydrogen-bond donors (Lipinski definition) is 1. The van der Waals surface area contributed by atoms with Crippen LogP contribution in [-0.4, -0.2) is 31.4 Å². The highest BCUT2D eigenvalue weighted by molar-refractivity contribution is 7.99. The minimum Gasteiger partial charge on any atom is -0.344 e. The summed E-state index contributed by atoms with van der Waals surface area (Å²) in [5, 5.41) is 14.5. The molecule has 5 rings (SSSR count). The van der Waals surface area contributed by atoms with Gasteiger partial charge >= 0.3 is 0 Å². The number of halogens is 1. The fraction of sp³-hybridized carbons (Fsp3) is 0.217. The van der Waals surface area contributed by atoms with Crippen LogP contribution < -0.4 is 5.32 Å². The highest BCUT2D eigenvalue weighted by Gasteiger charge is 2.30. The van der Waals surface area contributed by atoms with Crippen molar-refractivity contribution >= 4 is 29.0 Å². The first-order valence-corrected chi connectivity index (χ1v) is 12.1. The molecule has 3 heterocycles. The molecule has 4 aromatic rings. The second-order valence-electron chi connectivity index (χ2n) is 7.51. The molecular formula is C23H20FN5OS2. The van der Waals surface area contributed by atoms with Crippen LogP contribution in [-0.2, 0) is 4.79 Å². The van der Waals surface area contributed by atoms with Gasteiger partial charge < -0.3 is 5.32 Å². The van der Waals surface area contributed by atoms with Crippen molar-refractivity contribution < 1.29 is 9.18 Å². The zero-order chi connectivity index (χ0) is 21.9. The SMILES string of the molecule is O=C(CSc1nnc(-c2cccnc2)n1C1CC1)N[C@@H](c1ccc(F)cc1)c1cccs1. The van der Waals surface area contributed by atoms with Gasteiger partial charge in [-0.2, -0.15) is 0 Å². The van der Waals surface area contributed by atoms with Crippen LogP contribution >= 0.6 is 23.1 Å². The van der Waals surface area contributed by atoms with E-state index in [4.69, 9.17) is 0 Å². The van der Waals surface area contributed by atoms with E-state index < -0.39 is 0 Å². The van der Waals surface area contributed by atoms with Crippen molar-refractivity contribution in [2.24, 2.45) is 0 Å². The Balaban J connectivity index is 1.31. The summed E-state index contributed by atoms with van der Waals surface area (Å²) in [6.07, 6.45) is 5.66. The summed E-state index contributed by atoms with van der Waals surface area (Å²) >= 11 is 2.93. The Morgan fingerprint density at radius 3 is 2.72 bits per heavy atom. The summed E-state index contributed by atoms with van der Waals surface area (Å²) in [5.41, 5.74) is 1.75. The molecule has 1 aliphatic rings. The molecule has 1 amide bonds. The maximum Gasteiger partial charge on any atom is 0.231 e. The lowest BCUT2D eigenvalue weighted by Gasteiger charge is -2.18. The number of amides is 1.